The number of hydrogen-bond acceptors (Lipinski definition) is 6. The first-order valence-corrected chi connectivity index (χ1v) is 14.7. The summed E-state index contributed by atoms with van der Waals surface area (Å²) in [5.41, 5.74) is 2.02. The summed E-state index contributed by atoms with van der Waals surface area (Å²) in [7, 11) is -3.50. The van der Waals surface area contributed by atoms with E-state index in [1.165, 1.54) is 19.3 Å². The average molecular weight is 509 g/mol. The van der Waals surface area contributed by atoms with Crippen molar-refractivity contribution in [3.8, 4) is 5.88 Å². The average Bonchev–Trinajstić information content (AvgIpc) is 2.93. The summed E-state index contributed by atoms with van der Waals surface area (Å²) in [5, 5.41) is 0.948. The number of aromatic nitrogens is 2. The minimum Gasteiger partial charge on any atom is -0.474 e. The van der Waals surface area contributed by atoms with Crippen LogP contribution in [0.1, 0.15) is 63.4 Å². The van der Waals surface area contributed by atoms with E-state index in [2.05, 4.69) is 18.7 Å². The molecule has 7 nitrogen and oxygen atoms in total. The second kappa shape index (κ2) is 10.8. The summed E-state index contributed by atoms with van der Waals surface area (Å²) in [6.45, 7) is 6.31. The summed E-state index contributed by atoms with van der Waals surface area (Å²) in [6.07, 6.45) is 6.92. The van der Waals surface area contributed by atoms with Gasteiger partial charge in [-0.3, -0.25) is 4.90 Å². The van der Waals surface area contributed by atoms with E-state index in [-0.39, 0.29) is 12.1 Å². The van der Waals surface area contributed by atoms with Gasteiger partial charge in [-0.1, -0.05) is 37.6 Å². The van der Waals surface area contributed by atoms with Gasteiger partial charge in [0.1, 0.15) is 11.9 Å². The predicted molar refractivity (Wildman–Crippen MR) is 142 cm³/mol. The lowest BCUT2D eigenvalue weighted by Crippen LogP contribution is -2.49. The minimum absolute atomic E-state index is 0.0444. The molecule has 0 amide bonds. The van der Waals surface area contributed by atoms with Crippen molar-refractivity contribution in [2.45, 2.75) is 69.4 Å². The molecule has 36 heavy (non-hydrogen) atoms. The van der Waals surface area contributed by atoms with Crippen molar-refractivity contribution >= 4 is 20.9 Å². The molecule has 8 heteroatoms. The third kappa shape index (κ3) is 5.26. The predicted octanol–water partition coefficient (Wildman–Crippen LogP) is 4.97. The molecule has 2 heterocycles. The van der Waals surface area contributed by atoms with Crippen LogP contribution in [-0.4, -0.2) is 59.9 Å². The number of aryl methyl sites for hydroxylation is 1. The SMILES string of the molecule is CCc1ccc(S(=O)(=O)N2CCN(C(C)c3nc(OC4CCCCC4)c4ccccc4n3)CC2)cc1. The first-order chi connectivity index (χ1) is 17.5. The lowest BCUT2D eigenvalue weighted by atomic mass is 9.98. The number of hydrogen-bond donors (Lipinski definition) is 0. The van der Waals surface area contributed by atoms with Crippen molar-refractivity contribution in [3.63, 3.8) is 0 Å². The number of ether oxygens (including phenoxy) is 1. The van der Waals surface area contributed by atoms with Crippen LogP contribution in [0.5, 0.6) is 5.88 Å². The number of fused-ring (bicyclic) bond motifs is 1. The van der Waals surface area contributed by atoms with Gasteiger partial charge in [0.05, 0.1) is 21.8 Å². The summed E-state index contributed by atoms with van der Waals surface area (Å²) < 4.78 is 34.4. The molecule has 1 saturated heterocycles. The maximum Gasteiger partial charge on any atom is 0.243 e. The molecule has 1 unspecified atom stereocenters. The summed E-state index contributed by atoms with van der Waals surface area (Å²) in [6, 6.07) is 15.2. The summed E-state index contributed by atoms with van der Waals surface area (Å²) >= 11 is 0. The van der Waals surface area contributed by atoms with Crippen LogP contribution >= 0.6 is 0 Å². The Morgan fingerprint density at radius 1 is 0.944 bits per heavy atom. The molecule has 192 valence electrons. The number of para-hydroxylation sites is 1. The fourth-order valence-corrected chi connectivity index (χ4v) is 6.65. The Kier molecular flexibility index (Phi) is 7.55. The van der Waals surface area contributed by atoms with Crippen molar-refractivity contribution in [1.29, 1.82) is 0 Å². The Balaban J connectivity index is 1.31. The van der Waals surface area contributed by atoms with E-state index >= 15 is 0 Å². The van der Waals surface area contributed by atoms with Crippen LogP contribution in [0.3, 0.4) is 0 Å². The normalized spacial score (nSPS) is 19.4. The van der Waals surface area contributed by atoms with Gasteiger partial charge in [0.2, 0.25) is 15.9 Å². The maximum absolute atomic E-state index is 13.2. The molecule has 1 atom stereocenters. The van der Waals surface area contributed by atoms with Crippen LogP contribution in [-0.2, 0) is 16.4 Å². The van der Waals surface area contributed by atoms with Gasteiger partial charge in [-0.15, -0.1) is 0 Å². The van der Waals surface area contributed by atoms with Gasteiger partial charge >= 0.3 is 0 Å². The molecule has 0 radical (unpaired) electrons. The van der Waals surface area contributed by atoms with Gasteiger partial charge in [-0.05, 0) is 68.9 Å². The molecule has 2 aromatic carbocycles. The van der Waals surface area contributed by atoms with Crippen LogP contribution in [0.15, 0.2) is 53.4 Å². The second-order valence-corrected chi connectivity index (χ2v) is 11.8. The van der Waals surface area contributed by atoms with Gasteiger partial charge in [-0.25, -0.2) is 13.4 Å². The van der Waals surface area contributed by atoms with Gasteiger partial charge in [0.25, 0.3) is 0 Å². The molecular weight excluding hydrogens is 472 g/mol. The van der Waals surface area contributed by atoms with E-state index in [4.69, 9.17) is 14.7 Å². The van der Waals surface area contributed by atoms with Crippen molar-refractivity contribution < 1.29 is 13.2 Å². The first-order valence-electron chi connectivity index (χ1n) is 13.2. The molecule has 3 aromatic rings. The Labute approximate surface area is 214 Å². The van der Waals surface area contributed by atoms with E-state index in [1.807, 2.05) is 36.4 Å². The highest BCUT2D eigenvalue weighted by Crippen LogP contribution is 2.30. The number of sulfonamides is 1. The number of piperazine rings is 1. The smallest absolute Gasteiger partial charge is 0.243 e. The maximum atomic E-state index is 13.2. The van der Waals surface area contributed by atoms with E-state index in [0.717, 1.165) is 41.6 Å². The fourth-order valence-electron chi connectivity index (χ4n) is 5.22. The van der Waals surface area contributed by atoms with Gasteiger partial charge in [0, 0.05) is 26.2 Å². The zero-order valence-corrected chi connectivity index (χ0v) is 22.1. The zero-order valence-electron chi connectivity index (χ0n) is 21.3. The lowest BCUT2D eigenvalue weighted by Gasteiger charge is -2.37. The van der Waals surface area contributed by atoms with Crippen LogP contribution in [0.25, 0.3) is 10.9 Å². The molecule has 0 spiro atoms. The standard InChI is InChI=1S/C28H36N4O3S/c1-3-22-13-15-24(16-14-22)36(33,34)32-19-17-31(18-20-32)21(2)27-29-26-12-8-7-11-25(26)28(30-27)35-23-9-5-4-6-10-23/h7-8,11-16,21,23H,3-6,9-10,17-20H2,1-2H3. The van der Waals surface area contributed by atoms with Crippen molar-refractivity contribution in [3.05, 3.63) is 59.9 Å². The molecule has 1 aromatic heterocycles. The minimum atomic E-state index is -3.50. The topological polar surface area (TPSA) is 75.6 Å². The first kappa shape index (κ1) is 25.1. The molecule has 1 saturated carbocycles. The molecule has 5 rings (SSSR count). The van der Waals surface area contributed by atoms with E-state index in [0.29, 0.717) is 37.0 Å². The van der Waals surface area contributed by atoms with Crippen LogP contribution in [0.2, 0.25) is 0 Å². The summed E-state index contributed by atoms with van der Waals surface area (Å²) in [4.78, 5) is 12.4. The molecule has 1 aliphatic heterocycles. The highest BCUT2D eigenvalue weighted by atomic mass is 32.2. The number of rotatable bonds is 7. The van der Waals surface area contributed by atoms with Crippen molar-refractivity contribution in [2.75, 3.05) is 26.2 Å². The van der Waals surface area contributed by atoms with Crippen molar-refractivity contribution in [2.24, 2.45) is 0 Å². The molecule has 0 N–H and O–H groups in total. The largest absolute Gasteiger partial charge is 0.474 e. The highest BCUT2D eigenvalue weighted by molar-refractivity contribution is 7.89. The summed E-state index contributed by atoms with van der Waals surface area (Å²) in [5.74, 6) is 1.40. The third-order valence-corrected chi connectivity index (χ3v) is 9.49. The van der Waals surface area contributed by atoms with Crippen LogP contribution < -0.4 is 4.74 Å². The quantitative estimate of drug-likeness (QED) is 0.449. The van der Waals surface area contributed by atoms with Gasteiger partial charge in [0.15, 0.2) is 0 Å². The van der Waals surface area contributed by atoms with Crippen LogP contribution in [0, 0.1) is 0 Å². The highest BCUT2D eigenvalue weighted by Gasteiger charge is 2.31. The fraction of sp³-hybridized carbons (Fsp3) is 0.500. The van der Waals surface area contributed by atoms with Gasteiger partial charge < -0.3 is 4.74 Å². The monoisotopic (exact) mass is 508 g/mol. The second-order valence-electron chi connectivity index (χ2n) is 9.90. The third-order valence-electron chi connectivity index (χ3n) is 7.58. The number of nitrogens with zero attached hydrogens (tertiary/aromatic N) is 4. The van der Waals surface area contributed by atoms with Gasteiger partial charge in [-0.2, -0.15) is 9.29 Å². The van der Waals surface area contributed by atoms with E-state index in [1.54, 1.807) is 16.4 Å². The number of benzene rings is 2. The van der Waals surface area contributed by atoms with Crippen molar-refractivity contribution in [1.82, 2.24) is 19.2 Å². The van der Waals surface area contributed by atoms with E-state index in [9.17, 15) is 8.42 Å². The molecule has 2 aliphatic rings. The Bertz CT molecular complexity index is 1280. The van der Waals surface area contributed by atoms with Crippen LogP contribution in [0.4, 0.5) is 0 Å². The Morgan fingerprint density at radius 2 is 1.64 bits per heavy atom. The molecular formula is C28H36N4O3S. The van der Waals surface area contributed by atoms with E-state index < -0.39 is 10.0 Å². The molecule has 0 bridgehead atoms. The molecule has 1 aliphatic carbocycles. The Hall–Kier alpha value is -2.55. The lowest BCUT2D eigenvalue weighted by molar-refractivity contribution is 0.135. The Morgan fingerprint density at radius 3 is 2.33 bits per heavy atom. The zero-order chi connectivity index (χ0) is 25.1. The molecule has 2 fully saturated rings.